The quantitative estimate of drug-likeness (QED) is 0.661. The lowest BCUT2D eigenvalue weighted by Gasteiger charge is -2.19. The number of methoxy groups -OCH3 is 2. The fourth-order valence-corrected chi connectivity index (χ4v) is 2.41. The minimum atomic E-state index is 0.607. The molecule has 0 saturated carbocycles. The minimum Gasteiger partial charge on any atom is -0.497 e. The van der Waals surface area contributed by atoms with Crippen molar-refractivity contribution in [3.63, 3.8) is 0 Å². The third kappa shape index (κ3) is 3.94. The molecule has 0 spiro atoms. The van der Waals surface area contributed by atoms with Crippen LogP contribution in [0.25, 0.3) is 0 Å². The molecule has 0 aliphatic rings. The summed E-state index contributed by atoms with van der Waals surface area (Å²) in [5.74, 6) is 2.43. The van der Waals surface area contributed by atoms with E-state index in [1.165, 1.54) is 37.7 Å². The highest BCUT2D eigenvalue weighted by Gasteiger charge is 2.15. The van der Waals surface area contributed by atoms with Gasteiger partial charge in [0.15, 0.2) is 0 Å². The third-order valence-corrected chi connectivity index (χ3v) is 3.42. The van der Waals surface area contributed by atoms with Crippen molar-refractivity contribution in [2.75, 3.05) is 14.2 Å². The Balaban J connectivity index is 2.94. The topological polar surface area (TPSA) is 18.5 Å². The lowest BCUT2D eigenvalue weighted by Crippen LogP contribution is -2.02. The van der Waals surface area contributed by atoms with Crippen LogP contribution in [0.4, 0.5) is 0 Å². The summed E-state index contributed by atoms with van der Waals surface area (Å²) in [5.41, 5.74) is 1.33. The maximum Gasteiger partial charge on any atom is 0.126 e. The van der Waals surface area contributed by atoms with E-state index in [1.54, 1.807) is 14.2 Å². The van der Waals surface area contributed by atoms with Crippen LogP contribution in [0.15, 0.2) is 18.2 Å². The van der Waals surface area contributed by atoms with Crippen LogP contribution in [0.2, 0.25) is 0 Å². The second-order valence-corrected chi connectivity index (χ2v) is 4.74. The summed E-state index contributed by atoms with van der Waals surface area (Å²) in [6, 6.07) is 6.18. The van der Waals surface area contributed by atoms with Crippen molar-refractivity contribution >= 4 is 0 Å². The maximum atomic E-state index is 5.52. The molecule has 0 radical (unpaired) electrons. The summed E-state index contributed by atoms with van der Waals surface area (Å²) in [5, 5.41) is 0. The second-order valence-electron chi connectivity index (χ2n) is 4.74. The first-order chi connectivity index (χ1) is 8.76. The molecule has 0 aliphatic carbocycles. The zero-order valence-electron chi connectivity index (χ0n) is 12.2. The molecule has 1 rings (SSSR count). The molecule has 1 aromatic carbocycles. The number of unbranched alkanes of at least 4 members (excludes halogenated alkanes) is 1. The zero-order chi connectivity index (χ0) is 13.4. The largest absolute Gasteiger partial charge is 0.497 e. The van der Waals surface area contributed by atoms with Crippen molar-refractivity contribution < 1.29 is 9.47 Å². The zero-order valence-corrected chi connectivity index (χ0v) is 12.2. The fourth-order valence-electron chi connectivity index (χ4n) is 2.41. The predicted molar refractivity (Wildman–Crippen MR) is 76.7 cm³/mol. The van der Waals surface area contributed by atoms with Gasteiger partial charge in [-0.05, 0) is 30.4 Å². The molecule has 0 N–H and O–H groups in total. The molecule has 0 amide bonds. The molecule has 1 atom stereocenters. The molecule has 0 bridgehead atoms. The van der Waals surface area contributed by atoms with E-state index in [0.717, 1.165) is 11.5 Å². The van der Waals surface area contributed by atoms with E-state index in [0.29, 0.717) is 5.92 Å². The van der Waals surface area contributed by atoms with Gasteiger partial charge in [-0.15, -0.1) is 0 Å². The molecule has 0 aliphatic heterocycles. The van der Waals surface area contributed by atoms with Crippen molar-refractivity contribution in [3.8, 4) is 11.5 Å². The number of benzene rings is 1. The highest BCUT2D eigenvalue weighted by molar-refractivity contribution is 5.42. The van der Waals surface area contributed by atoms with E-state index in [-0.39, 0.29) is 0 Å². The van der Waals surface area contributed by atoms with Gasteiger partial charge in [0.05, 0.1) is 14.2 Å². The molecule has 0 fully saturated rings. The van der Waals surface area contributed by atoms with E-state index in [2.05, 4.69) is 19.9 Å². The summed E-state index contributed by atoms with van der Waals surface area (Å²) in [6.45, 7) is 4.49. The molecular weight excluding hydrogens is 224 g/mol. The molecule has 0 aromatic heterocycles. The first-order valence-corrected chi connectivity index (χ1v) is 6.98. The van der Waals surface area contributed by atoms with Gasteiger partial charge in [-0.25, -0.2) is 0 Å². The average molecular weight is 250 g/mol. The van der Waals surface area contributed by atoms with Crippen molar-refractivity contribution in [1.29, 1.82) is 0 Å². The highest BCUT2D eigenvalue weighted by atomic mass is 16.5. The summed E-state index contributed by atoms with van der Waals surface area (Å²) < 4.78 is 10.8. The summed E-state index contributed by atoms with van der Waals surface area (Å²) in [4.78, 5) is 0. The molecule has 18 heavy (non-hydrogen) atoms. The first kappa shape index (κ1) is 14.9. The van der Waals surface area contributed by atoms with Crippen LogP contribution >= 0.6 is 0 Å². The molecule has 1 aromatic rings. The molecule has 0 heterocycles. The van der Waals surface area contributed by atoms with Gasteiger partial charge in [0.2, 0.25) is 0 Å². The van der Waals surface area contributed by atoms with E-state index in [4.69, 9.17) is 9.47 Å². The van der Waals surface area contributed by atoms with Crippen molar-refractivity contribution in [2.24, 2.45) is 0 Å². The van der Waals surface area contributed by atoms with Crippen molar-refractivity contribution in [2.45, 2.75) is 51.9 Å². The van der Waals surface area contributed by atoms with Crippen molar-refractivity contribution in [1.82, 2.24) is 0 Å². The van der Waals surface area contributed by atoms with Crippen LogP contribution in [0.1, 0.15) is 57.4 Å². The molecule has 0 saturated heterocycles. The summed E-state index contributed by atoms with van der Waals surface area (Å²) in [6.07, 6.45) is 6.21. The smallest absolute Gasteiger partial charge is 0.126 e. The molecule has 102 valence electrons. The van der Waals surface area contributed by atoms with E-state index in [9.17, 15) is 0 Å². The Kier molecular flexibility index (Phi) is 6.63. The van der Waals surface area contributed by atoms with Gasteiger partial charge in [-0.1, -0.05) is 39.2 Å². The standard InChI is InChI=1S/C16H26O2/c1-5-7-9-13(8-6-2)15-11-10-14(17-3)12-16(15)18-4/h10-13H,5-9H2,1-4H3. The Morgan fingerprint density at radius 3 is 2.33 bits per heavy atom. The Hall–Kier alpha value is -1.18. The number of ether oxygens (including phenoxy) is 2. The molecule has 2 heteroatoms. The average Bonchev–Trinajstić information content (AvgIpc) is 2.42. The Morgan fingerprint density at radius 2 is 1.78 bits per heavy atom. The van der Waals surface area contributed by atoms with Crippen LogP contribution in [0.5, 0.6) is 11.5 Å². The summed E-state index contributed by atoms with van der Waals surface area (Å²) >= 11 is 0. The molecule has 1 unspecified atom stereocenters. The first-order valence-electron chi connectivity index (χ1n) is 6.98. The maximum absolute atomic E-state index is 5.52. The van der Waals surface area contributed by atoms with Gasteiger partial charge < -0.3 is 9.47 Å². The normalized spacial score (nSPS) is 12.2. The fraction of sp³-hybridized carbons (Fsp3) is 0.625. The van der Waals surface area contributed by atoms with Gasteiger partial charge in [-0.3, -0.25) is 0 Å². The van der Waals surface area contributed by atoms with Gasteiger partial charge in [0.1, 0.15) is 11.5 Å². The van der Waals surface area contributed by atoms with E-state index >= 15 is 0 Å². The highest BCUT2D eigenvalue weighted by Crippen LogP contribution is 2.35. The third-order valence-electron chi connectivity index (χ3n) is 3.42. The lowest BCUT2D eigenvalue weighted by molar-refractivity contribution is 0.385. The number of rotatable bonds is 8. The SMILES string of the molecule is CCCCC(CCC)c1ccc(OC)cc1OC. The van der Waals surface area contributed by atoms with Crippen LogP contribution in [-0.4, -0.2) is 14.2 Å². The minimum absolute atomic E-state index is 0.607. The van der Waals surface area contributed by atoms with E-state index in [1.807, 2.05) is 12.1 Å². The lowest BCUT2D eigenvalue weighted by atomic mass is 9.89. The Morgan fingerprint density at radius 1 is 1.00 bits per heavy atom. The molecular formula is C16H26O2. The van der Waals surface area contributed by atoms with Gasteiger partial charge >= 0.3 is 0 Å². The van der Waals surface area contributed by atoms with Crippen LogP contribution in [-0.2, 0) is 0 Å². The van der Waals surface area contributed by atoms with Crippen LogP contribution in [0.3, 0.4) is 0 Å². The number of hydrogen-bond donors (Lipinski definition) is 0. The van der Waals surface area contributed by atoms with E-state index < -0.39 is 0 Å². The summed E-state index contributed by atoms with van der Waals surface area (Å²) in [7, 11) is 3.43. The van der Waals surface area contributed by atoms with Gasteiger partial charge in [-0.2, -0.15) is 0 Å². The Labute approximate surface area is 111 Å². The predicted octanol–water partition coefficient (Wildman–Crippen LogP) is 4.78. The van der Waals surface area contributed by atoms with Crippen LogP contribution in [0, 0.1) is 0 Å². The molecule has 2 nitrogen and oxygen atoms in total. The monoisotopic (exact) mass is 250 g/mol. The van der Waals surface area contributed by atoms with Crippen LogP contribution < -0.4 is 9.47 Å². The number of hydrogen-bond acceptors (Lipinski definition) is 2. The van der Waals surface area contributed by atoms with Gasteiger partial charge in [0.25, 0.3) is 0 Å². The second kappa shape index (κ2) is 8.02. The Bertz CT molecular complexity index is 347. The van der Waals surface area contributed by atoms with Gasteiger partial charge in [0, 0.05) is 6.07 Å². The van der Waals surface area contributed by atoms with Crippen molar-refractivity contribution in [3.05, 3.63) is 23.8 Å².